The van der Waals surface area contributed by atoms with Crippen molar-refractivity contribution in [3.8, 4) is 6.07 Å². The van der Waals surface area contributed by atoms with Crippen LogP contribution in [0.15, 0.2) is 18.2 Å². The Labute approximate surface area is 96.5 Å². The first-order valence-corrected chi connectivity index (χ1v) is 5.72. The summed E-state index contributed by atoms with van der Waals surface area (Å²) in [4.78, 5) is 0. The normalized spacial score (nSPS) is 27.5. The number of rotatable bonds is 2. The summed E-state index contributed by atoms with van der Waals surface area (Å²) in [5.74, 6) is 0. The van der Waals surface area contributed by atoms with Crippen LogP contribution < -0.4 is 0 Å². The molecule has 1 N–H and O–H groups in total. The van der Waals surface area contributed by atoms with Crippen molar-refractivity contribution in [3.63, 3.8) is 0 Å². The Kier molecular flexibility index (Phi) is 2.73. The lowest BCUT2D eigenvalue weighted by molar-refractivity contribution is 0.0471. The van der Waals surface area contributed by atoms with Crippen LogP contribution in [0.3, 0.4) is 0 Å². The van der Waals surface area contributed by atoms with Crippen LogP contribution in [0.2, 0.25) is 0 Å². The van der Waals surface area contributed by atoms with E-state index >= 15 is 0 Å². The fourth-order valence-corrected chi connectivity index (χ4v) is 2.67. The van der Waals surface area contributed by atoms with Gasteiger partial charge in [0, 0.05) is 11.8 Å². The minimum absolute atomic E-state index is 0.163. The largest absolute Gasteiger partial charge is 0.388 e. The molecule has 1 aliphatic carbocycles. The van der Waals surface area contributed by atoms with E-state index < -0.39 is 6.10 Å². The van der Waals surface area contributed by atoms with Crippen LogP contribution in [0.1, 0.15) is 42.6 Å². The van der Waals surface area contributed by atoms with Crippen molar-refractivity contribution in [3.05, 3.63) is 34.9 Å². The monoisotopic (exact) mass is 215 g/mol. The number of aliphatic hydroxyl groups is 1. The van der Waals surface area contributed by atoms with Crippen LogP contribution in [0, 0.1) is 23.7 Å². The van der Waals surface area contributed by atoms with Crippen molar-refractivity contribution >= 4 is 0 Å². The topological polar surface area (TPSA) is 44.0 Å². The lowest BCUT2D eigenvalue weighted by Crippen LogP contribution is -2.21. The van der Waals surface area contributed by atoms with Gasteiger partial charge in [0.25, 0.3) is 0 Å². The molecule has 0 fully saturated rings. The van der Waals surface area contributed by atoms with Gasteiger partial charge in [-0.1, -0.05) is 25.1 Å². The first-order chi connectivity index (χ1) is 7.58. The molecule has 0 bridgehead atoms. The van der Waals surface area contributed by atoms with Gasteiger partial charge in [-0.3, -0.25) is 0 Å². The van der Waals surface area contributed by atoms with Crippen LogP contribution in [-0.2, 0) is 6.42 Å². The van der Waals surface area contributed by atoms with Gasteiger partial charge in [0.05, 0.1) is 12.2 Å². The van der Waals surface area contributed by atoms with Crippen LogP contribution >= 0.6 is 0 Å². The first-order valence-electron chi connectivity index (χ1n) is 5.72. The Balaban J connectivity index is 2.33. The summed E-state index contributed by atoms with van der Waals surface area (Å²) in [6, 6.07) is 8.25. The molecule has 0 aromatic heterocycles. The summed E-state index contributed by atoms with van der Waals surface area (Å²) >= 11 is 0. The van der Waals surface area contributed by atoms with E-state index in [1.54, 1.807) is 0 Å². The Hall–Kier alpha value is -1.33. The molecular weight excluding hydrogens is 198 g/mol. The minimum atomic E-state index is -0.421. The average molecular weight is 215 g/mol. The molecule has 0 amide bonds. The molecule has 16 heavy (non-hydrogen) atoms. The third-order valence-electron chi connectivity index (χ3n) is 3.79. The number of benzene rings is 1. The van der Waals surface area contributed by atoms with Crippen LogP contribution in [-0.4, -0.2) is 5.11 Å². The molecule has 0 spiro atoms. The molecule has 1 aliphatic rings. The zero-order valence-corrected chi connectivity index (χ0v) is 9.83. The Morgan fingerprint density at radius 1 is 1.56 bits per heavy atom. The van der Waals surface area contributed by atoms with Crippen LogP contribution in [0.5, 0.6) is 0 Å². The van der Waals surface area contributed by atoms with Crippen LogP contribution in [0.4, 0.5) is 0 Å². The third-order valence-corrected chi connectivity index (χ3v) is 3.79. The molecular formula is C14H17NO. The first kappa shape index (κ1) is 11.2. The van der Waals surface area contributed by atoms with E-state index in [1.807, 2.05) is 12.1 Å². The number of aliphatic hydroxyl groups excluding tert-OH is 1. The second kappa shape index (κ2) is 3.92. The van der Waals surface area contributed by atoms with Crippen molar-refractivity contribution in [1.29, 1.82) is 5.26 Å². The summed E-state index contributed by atoms with van der Waals surface area (Å²) < 4.78 is 0. The fourth-order valence-electron chi connectivity index (χ4n) is 2.67. The molecule has 0 saturated heterocycles. The van der Waals surface area contributed by atoms with E-state index in [2.05, 4.69) is 26.0 Å². The van der Waals surface area contributed by atoms with Gasteiger partial charge in [0.2, 0.25) is 0 Å². The SMILES string of the molecule is Cc1cccc2c1CC(C)(CCC#N)C2O. The van der Waals surface area contributed by atoms with E-state index in [-0.39, 0.29) is 5.41 Å². The Morgan fingerprint density at radius 2 is 2.31 bits per heavy atom. The minimum Gasteiger partial charge on any atom is -0.388 e. The zero-order valence-electron chi connectivity index (χ0n) is 9.83. The number of hydrogen-bond acceptors (Lipinski definition) is 2. The van der Waals surface area contributed by atoms with Gasteiger partial charge in [-0.15, -0.1) is 0 Å². The van der Waals surface area contributed by atoms with Crippen molar-refractivity contribution in [2.24, 2.45) is 5.41 Å². The quantitative estimate of drug-likeness (QED) is 0.824. The summed E-state index contributed by atoms with van der Waals surface area (Å²) in [6.45, 7) is 4.16. The second-order valence-electron chi connectivity index (χ2n) is 5.03. The second-order valence-corrected chi connectivity index (χ2v) is 5.03. The fraction of sp³-hybridized carbons (Fsp3) is 0.500. The van der Waals surface area contributed by atoms with Crippen molar-refractivity contribution in [2.75, 3.05) is 0 Å². The summed E-state index contributed by atoms with van der Waals surface area (Å²) in [5.41, 5.74) is 3.41. The predicted octanol–water partition coefficient (Wildman–Crippen LogP) is 2.89. The zero-order chi connectivity index (χ0) is 11.8. The highest BCUT2D eigenvalue weighted by atomic mass is 16.3. The van der Waals surface area contributed by atoms with E-state index in [0.717, 1.165) is 18.4 Å². The molecule has 2 unspecified atom stereocenters. The van der Waals surface area contributed by atoms with E-state index in [1.165, 1.54) is 11.1 Å². The number of nitriles is 1. The maximum absolute atomic E-state index is 10.3. The number of hydrogen-bond donors (Lipinski definition) is 1. The predicted molar refractivity (Wildman–Crippen MR) is 62.8 cm³/mol. The van der Waals surface area contributed by atoms with Crippen molar-refractivity contribution in [2.45, 2.75) is 39.2 Å². The standard InChI is InChI=1S/C14H17NO/c1-10-5-3-6-11-12(10)9-14(2,13(11)16)7-4-8-15/h3,5-6,13,16H,4,7,9H2,1-2H3. The molecule has 2 heteroatoms. The summed E-state index contributed by atoms with van der Waals surface area (Å²) in [5, 5.41) is 19.0. The van der Waals surface area contributed by atoms with Gasteiger partial charge in [-0.25, -0.2) is 0 Å². The van der Waals surface area contributed by atoms with Gasteiger partial charge in [0.1, 0.15) is 0 Å². The lowest BCUT2D eigenvalue weighted by Gasteiger charge is -2.27. The number of aryl methyl sites for hydroxylation is 1. The summed E-state index contributed by atoms with van der Waals surface area (Å²) in [6.07, 6.45) is 1.74. The molecule has 2 atom stereocenters. The van der Waals surface area contributed by atoms with Gasteiger partial charge in [-0.2, -0.15) is 5.26 Å². The molecule has 1 aromatic rings. The maximum atomic E-state index is 10.3. The van der Waals surface area contributed by atoms with Crippen molar-refractivity contribution in [1.82, 2.24) is 0 Å². The molecule has 0 saturated carbocycles. The highest BCUT2D eigenvalue weighted by molar-refractivity contribution is 5.41. The third kappa shape index (κ3) is 1.62. The molecule has 0 radical (unpaired) electrons. The molecule has 2 rings (SSSR count). The van der Waals surface area contributed by atoms with E-state index in [4.69, 9.17) is 5.26 Å². The van der Waals surface area contributed by atoms with Crippen LogP contribution in [0.25, 0.3) is 0 Å². The maximum Gasteiger partial charge on any atom is 0.0849 e. The van der Waals surface area contributed by atoms with Gasteiger partial charge >= 0.3 is 0 Å². The molecule has 84 valence electrons. The lowest BCUT2D eigenvalue weighted by atomic mass is 9.80. The van der Waals surface area contributed by atoms with Gasteiger partial charge in [0.15, 0.2) is 0 Å². The molecule has 0 heterocycles. The van der Waals surface area contributed by atoms with E-state index in [9.17, 15) is 5.11 Å². The van der Waals surface area contributed by atoms with E-state index in [0.29, 0.717) is 6.42 Å². The summed E-state index contributed by atoms with van der Waals surface area (Å²) in [7, 11) is 0. The number of fused-ring (bicyclic) bond motifs is 1. The Bertz CT molecular complexity index is 447. The van der Waals surface area contributed by atoms with Gasteiger partial charge < -0.3 is 5.11 Å². The van der Waals surface area contributed by atoms with Gasteiger partial charge in [-0.05, 0) is 36.5 Å². The molecule has 2 nitrogen and oxygen atoms in total. The highest BCUT2D eigenvalue weighted by Crippen LogP contribution is 2.48. The molecule has 0 aliphatic heterocycles. The highest BCUT2D eigenvalue weighted by Gasteiger charge is 2.41. The molecule has 1 aromatic carbocycles. The van der Waals surface area contributed by atoms with Crippen molar-refractivity contribution < 1.29 is 5.11 Å². The average Bonchev–Trinajstić information content (AvgIpc) is 2.52. The Morgan fingerprint density at radius 3 is 2.94 bits per heavy atom. The number of nitrogens with zero attached hydrogens (tertiary/aromatic N) is 1. The smallest absolute Gasteiger partial charge is 0.0849 e.